The second-order valence-corrected chi connectivity index (χ2v) is 4.09. The third kappa shape index (κ3) is 2.20. The fourth-order valence-corrected chi connectivity index (χ4v) is 1.66. The lowest BCUT2D eigenvalue weighted by Gasteiger charge is -2.27. The molecule has 0 saturated carbocycles. The van der Waals surface area contributed by atoms with Gasteiger partial charge in [0, 0.05) is 18.6 Å². The molecule has 0 aliphatic carbocycles. The molecule has 0 aromatic heterocycles. The van der Waals surface area contributed by atoms with Crippen molar-refractivity contribution in [2.45, 2.75) is 39.7 Å². The second-order valence-electron chi connectivity index (χ2n) is 4.09. The maximum Gasteiger partial charge on any atom is 0.0613 e. The summed E-state index contributed by atoms with van der Waals surface area (Å²) in [5.41, 5.74) is 0.370. The van der Waals surface area contributed by atoms with Crippen LogP contribution in [-0.4, -0.2) is 25.8 Å². The molecule has 1 aliphatic heterocycles. The molecule has 1 rings (SSSR count). The standard InChI is InChI=1S/C10H21NO/c1-4-6-11-8-10(3)5-7-12-9(10)2/h9,11H,4-8H2,1-3H3. The highest BCUT2D eigenvalue weighted by Crippen LogP contribution is 2.33. The highest BCUT2D eigenvalue weighted by molar-refractivity contribution is 4.87. The van der Waals surface area contributed by atoms with E-state index < -0.39 is 0 Å². The van der Waals surface area contributed by atoms with Crippen LogP contribution in [0, 0.1) is 5.41 Å². The van der Waals surface area contributed by atoms with Crippen LogP contribution in [0.3, 0.4) is 0 Å². The van der Waals surface area contributed by atoms with Crippen molar-refractivity contribution < 1.29 is 4.74 Å². The predicted octanol–water partition coefficient (Wildman–Crippen LogP) is 1.80. The van der Waals surface area contributed by atoms with E-state index in [1.807, 2.05) is 0 Å². The molecule has 0 bridgehead atoms. The van der Waals surface area contributed by atoms with Gasteiger partial charge in [0.15, 0.2) is 0 Å². The van der Waals surface area contributed by atoms with Crippen molar-refractivity contribution in [1.82, 2.24) is 5.32 Å². The summed E-state index contributed by atoms with van der Waals surface area (Å²) in [4.78, 5) is 0. The van der Waals surface area contributed by atoms with Crippen LogP contribution in [0.25, 0.3) is 0 Å². The van der Waals surface area contributed by atoms with E-state index >= 15 is 0 Å². The van der Waals surface area contributed by atoms with Gasteiger partial charge in [-0.25, -0.2) is 0 Å². The van der Waals surface area contributed by atoms with Crippen LogP contribution in [0.1, 0.15) is 33.6 Å². The zero-order valence-corrected chi connectivity index (χ0v) is 8.52. The van der Waals surface area contributed by atoms with Gasteiger partial charge in [0.05, 0.1) is 6.10 Å². The van der Waals surface area contributed by atoms with Gasteiger partial charge >= 0.3 is 0 Å². The predicted molar refractivity (Wildman–Crippen MR) is 51.3 cm³/mol. The van der Waals surface area contributed by atoms with E-state index in [4.69, 9.17) is 4.74 Å². The van der Waals surface area contributed by atoms with Crippen molar-refractivity contribution in [1.29, 1.82) is 0 Å². The zero-order valence-electron chi connectivity index (χ0n) is 8.52. The summed E-state index contributed by atoms with van der Waals surface area (Å²) in [6.45, 7) is 9.85. The first kappa shape index (κ1) is 10.0. The van der Waals surface area contributed by atoms with E-state index in [0.717, 1.165) is 19.7 Å². The highest BCUT2D eigenvalue weighted by Gasteiger charge is 2.36. The van der Waals surface area contributed by atoms with Gasteiger partial charge < -0.3 is 10.1 Å². The fourth-order valence-electron chi connectivity index (χ4n) is 1.66. The zero-order chi connectivity index (χ0) is 9.03. The van der Waals surface area contributed by atoms with Crippen molar-refractivity contribution in [3.8, 4) is 0 Å². The fraction of sp³-hybridized carbons (Fsp3) is 1.00. The van der Waals surface area contributed by atoms with Crippen LogP contribution in [0.4, 0.5) is 0 Å². The maximum atomic E-state index is 5.56. The number of nitrogens with one attached hydrogen (secondary N) is 1. The Bertz CT molecular complexity index is 138. The average molecular weight is 171 g/mol. The average Bonchev–Trinajstić information content (AvgIpc) is 2.34. The van der Waals surface area contributed by atoms with E-state index in [9.17, 15) is 0 Å². The molecule has 2 heteroatoms. The van der Waals surface area contributed by atoms with E-state index in [2.05, 4.69) is 26.1 Å². The molecule has 1 heterocycles. The summed E-state index contributed by atoms with van der Waals surface area (Å²) in [7, 11) is 0. The Labute approximate surface area is 75.7 Å². The van der Waals surface area contributed by atoms with Crippen molar-refractivity contribution in [3.05, 3.63) is 0 Å². The van der Waals surface area contributed by atoms with Crippen LogP contribution >= 0.6 is 0 Å². The topological polar surface area (TPSA) is 21.3 Å². The third-order valence-corrected chi connectivity index (χ3v) is 2.98. The van der Waals surface area contributed by atoms with Gasteiger partial charge in [0.2, 0.25) is 0 Å². The molecule has 2 atom stereocenters. The minimum Gasteiger partial charge on any atom is -0.378 e. The number of rotatable bonds is 4. The number of hydrogen-bond acceptors (Lipinski definition) is 2. The molecule has 1 saturated heterocycles. The van der Waals surface area contributed by atoms with Crippen LogP contribution in [0.15, 0.2) is 0 Å². The molecular weight excluding hydrogens is 150 g/mol. The molecule has 2 nitrogen and oxygen atoms in total. The Morgan fingerprint density at radius 2 is 2.33 bits per heavy atom. The molecule has 0 radical (unpaired) electrons. The highest BCUT2D eigenvalue weighted by atomic mass is 16.5. The van der Waals surface area contributed by atoms with Crippen LogP contribution in [-0.2, 0) is 4.74 Å². The smallest absolute Gasteiger partial charge is 0.0613 e. The molecule has 1 aliphatic rings. The Balaban J connectivity index is 2.27. The molecule has 12 heavy (non-hydrogen) atoms. The lowest BCUT2D eigenvalue weighted by atomic mass is 9.84. The summed E-state index contributed by atoms with van der Waals surface area (Å²) in [5.74, 6) is 0. The van der Waals surface area contributed by atoms with Crippen molar-refractivity contribution >= 4 is 0 Å². The summed E-state index contributed by atoms with van der Waals surface area (Å²) < 4.78 is 5.56. The van der Waals surface area contributed by atoms with E-state index in [-0.39, 0.29) is 0 Å². The second kappa shape index (κ2) is 4.24. The first-order valence-corrected chi connectivity index (χ1v) is 5.01. The van der Waals surface area contributed by atoms with Gasteiger partial charge in [-0.1, -0.05) is 13.8 Å². The Morgan fingerprint density at radius 3 is 2.83 bits per heavy atom. The molecule has 0 aromatic carbocycles. The van der Waals surface area contributed by atoms with Crippen molar-refractivity contribution in [2.75, 3.05) is 19.7 Å². The van der Waals surface area contributed by atoms with E-state index in [0.29, 0.717) is 11.5 Å². The normalized spacial score (nSPS) is 35.8. The SMILES string of the molecule is CCCNCC1(C)CCOC1C. The van der Waals surface area contributed by atoms with Crippen LogP contribution in [0.5, 0.6) is 0 Å². The van der Waals surface area contributed by atoms with Crippen molar-refractivity contribution in [2.24, 2.45) is 5.41 Å². The van der Waals surface area contributed by atoms with Gasteiger partial charge in [-0.3, -0.25) is 0 Å². The molecule has 2 unspecified atom stereocenters. The summed E-state index contributed by atoms with van der Waals surface area (Å²) >= 11 is 0. The minimum atomic E-state index is 0.370. The monoisotopic (exact) mass is 171 g/mol. The molecule has 72 valence electrons. The maximum absolute atomic E-state index is 5.56. The van der Waals surface area contributed by atoms with Crippen molar-refractivity contribution in [3.63, 3.8) is 0 Å². The van der Waals surface area contributed by atoms with Gasteiger partial charge in [0.1, 0.15) is 0 Å². The lowest BCUT2D eigenvalue weighted by Crippen LogP contribution is -2.37. The summed E-state index contributed by atoms with van der Waals surface area (Å²) in [6, 6.07) is 0. The molecule has 1 fully saturated rings. The molecule has 0 aromatic rings. The van der Waals surface area contributed by atoms with E-state index in [1.54, 1.807) is 0 Å². The lowest BCUT2D eigenvalue weighted by molar-refractivity contribution is 0.0718. The van der Waals surface area contributed by atoms with Crippen LogP contribution in [0.2, 0.25) is 0 Å². The number of ether oxygens (including phenoxy) is 1. The Kier molecular flexibility index (Phi) is 3.53. The largest absolute Gasteiger partial charge is 0.378 e. The van der Waals surface area contributed by atoms with E-state index in [1.165, 1.54) is 12.8 Å². The third-order valence-electron chi connectivity index (χ3n) is 2.98. The minimum absolute atomic E-state index is 0.370. The molecule has 0 spiro atoms. The van der Waals surface area contributed by atoms with Gasteiger partial charge in [0.25, 0.3) is 0 Å². The van der Waals surface area contributed by atoms with Gasteiger partial charge in [-0.2, -0.15) is 0 Å². The molecular formula is C10H21NO. The quantitative estimate of drug-likeness (QED) is 0.651. The van der Waals surface area contributed by atoms with Crippen LogP contribution < -0.4 is 5.32 Å². The summed E-state index contributed by atoms with van der Waals surface area (Å²) in [6.07, 6.45) is 2.83. The number of hydrogen-bond donors (Lipinski definition) is 1. The first-order valence-electron chi connectivity index (χ1n) is 5.01. The van der Waals surface area contributed by atoms with Gasteiger partial charge in [-0.05, 0) is 26.3 Å². The van der Waals surface area contributed by atoms with Gasteiger partial charge in [-0.15, -0.1) is 0 Å². The molecule has 0 amide bonds. The summed E-state index contributed by atoms with van der Waals surface area (Å²) in [5, 5.41) is 3.47. The molecule has 1 N–H and O–H groups in total. The Hall–Kier alpha value is -0.0800. The Morgan fingerprint density at radius 1 is 1.58 bits per heavy atom. The first-order chi connectivity index (χ1) is 5.69.